The van der Waals surface area contributed by atoms with Gasteiger partial charge in [0.05, 0.1) is 12.2 Å². The Bertz CT molecular complexity index is 312. The van der Waals surface area contributed by atoms with Crippen molar-refractivity contribution in [3.8, 4) is 0 Å². The first-order valence-electron chi connectivity index (χ1n) is 4.52. The summed E-state index contributed by atoms with van der Waals surface area (Å²) in [6.07, 6.45) is -3.50. The quantitative estimate of drug-likeness (QED) is 0.623. The van der Waals surface area contributed by atoms with E-state index in [1.807, 2.05) is 0 Å². The van der Waals surface area contributed by atoms with Gasteiger partial charge in [0, 0.05) is 0 Å². The first kappa shape index (κ1) is 12.0. The van der Waals surface area contributed by atoms with E-state index in [4.69, 9.17) is 5.90 Å². The lowest BCUT2D eigenvalue weighted by Crippen LogP contribution is -2.10. The van der Waals surface area contributed by atoms with Crippen LogP contribution in [0.25, 0.3) is 0 Å². The summed E-state index contributed by atoms with van der Waals surface area (Å²) in [4.78, 5) is 4.31. The maximum atomic E-state index is 12.5. The van der Waals surface area contributed by atoms with E-state index in [0.29, 0.717) is 12.8 Å². The molecule has 2 N–H and O–H groups in total. The predicted molar refractivity (Wildman–Crippen MR) is 49.9 cm³/mol. The molecule has 0 aromatic heterocycles. The van der Waals surface area contributed by atoms with Gasteiger partial charge in [0.25, 0.3) is 0 Å². The lowest BCUT2D eigenvalue weighted by molar-refractivity contribution is -0.138. The number of aryl methyl sites for hydroxylation is 1. The molecule has 0 amide bonds. The van der Waals surface area contributed by atoms with E-state index in [9.17, 15) is 13.2 Å². The van der Waals surface area contributed by atoms with E-state index in [1.54, 1.807) is 6.07 Å². The number of rotatable bonds is 4. The van der Waals surface area contributed by atoms with Gasteiger partial charge in [-0.1, -0.05) is 18.2 Å². The van der Waals surface area contributed by atoms with Crippen LogP contribution in [-0.4, -0.2) is 6.61 Å². The molecular formula is C10H12F3NO. The Kier molecular flexibility index (Phi) is 4.11. The number of nitrogens with two attached hydrogens (primary N) is 1. The van der Waals surface area contributed by atoms with Crippen molar-refractivity contribution in [2.75, 3.05) is 6.61 Å². The number of alkyl halides is 3. The highest BCUT2D eigenvalue weighted by Crippen LogP contribution is 2.32. The minimum absolute atomic E-state index is 0.256. The average molecular weight is 219 g/mol. The number of benzene rings is 1. The minimum atomic E-state index is -4.29. The highest BCUT2D eigenvalue weighted by atomic mass is 19.4. The van der Waals surface area contributed by atoms with Crippen LogP contribution < -0.4 is 5.90 Å². The van der Waals surface area contributed by atoms with Crippen LogP contribution in [0.1, 0.15) is 17.5 Å². The topological polar surface area (TPSA) is 35.2 Å². The zero-order valence-corrected chi connectivity index (χ0v) is 8.05. The number of halogens is 3. The Morgan fingerprint density at radius 3 is 2.47 bits per heavy atom. The van der Waals surface area contributed by atoms with Gasteiger partial charge in [-0.3, -0.25) is 0 Å². The molecule has 0 radical (unpaired) electrons. The summed E-state index contributed by atoms with van der Waals surface area (Å²) >= 11 is 0. The molecule has 1 rings (SSSR count). The van der Waals surface area contributed by atoms with Gasteiger partial charge in [-0.15, -0.1) is 0 Å². The van der Waals surface area contributed by atoms with Crippen LogP contribution in [0.15, 0.2) is 24.3 Å². The highest BCUT2D eigenvalue weighted by Gasteiger charge is 2.32. The molecule has 0 heterocycles. The zero-order chi connectivity index (χ0) is 11.3. The molecule has 0 atom stereocenters. The number of hydrogen-bond acceptors (Lipinski definition) is 2. The summed E-state index contributed by atoms with van der Waals surface area (Å²) in [6, 6.07) is 5.53. The molecule has 0 bridgehead atoms. The fourth-order valence-corrected chi connectivity index (χ4v) is 1.36. The first-order chi connectivity index (χ1) is 7.05. The van der Waals surface area contributed by atoms with Gasteiger partial charge in [0.15, 0.2) is 0 Å². The predicted octanol–water partition coefficient (Wildman–Crippen LogP) is 2.53. The largest absolute Gasteiger partial charge is 0.416 e. The van der Waals surface area contributed by atoms with Gasteiger partial charge in [-0.25, -0.2) is 5.90 Å². The SMILES string of the molecule is NOCCCc1ccccc1C(F)(F)F. The maximum absolute atomic E-state index is 12.5. The minimum Gasteiger partial charge on any atom is -0.305 e. The summed E-state index contributed by atoms with van der Waals surface area (Å²) in [6.45, 7) is 0.256. The molecule has 5 heteroatoms. The summed E-state index contributed by atoms with van der Waals surface area (Å²) in [7, 11) is 0. The smallest absolute Gasteiger partial charge is 0.305 e. The third-order valence-corrected chi connectivity index (χ3v) is 2.03. The second kappa shape index (κ2) is 5.14. The third-order valence-electron chi connectivity index (χ3n) is 2.03. The molecule has 0 fully saturated rings. The standard InChI is InChI=1S/C10H12F3NO/c11-10(12,13)9-6-2-1-4-8(9)5-3-7-15-14/h1-2,4,6H,3,5,7,14H2. The van der Waals surface area contributed by atoms with Crippen LogP contribution >= 0.6 is 0 Å². The summed E-state index contributed by atoms with van der Waals surface area (Å²) < 4.78 is 37.5. The fourth-order valence-electron chi connectivity index (χ4n) is 1.36. The summed E-state index contributed by atoms with van der Waals surface area (Å²) in [5.74, 6) is 4.79. The van der Waals surface area contributed by atoms with Crippen molar-refractivity contribution >= 4 is 0 Å². The molecule has 0 saturated carbocycles. The van der Waals surface area contributed by atoms with E-state index in [0.717, 1.165) is 6.07 Å². The molecular weight excluding hydrogens is 207 g/mol. The molecule has 0 aliphatic rings. The maximum Gasteiger partial charge on any atom is 0.416 e. The molecule has 0 aliphatic heterocycles. The van der Waals surface area contributed by atoms with Gasteiger partial charge in [0.2, 0.25) is 0 Å². The Hall–Kier alpha value is -1.07. The van der Waals surface area contributed by atoms with E-state index in [2.05, 4.69) is 4.84 Å². The van der Waals surface area contributed by atoms with Crippen molar-refractivity contribution in [1.29, 1.82) is 0 Å². The van der Waals surface area contributed by atoms with Gasteiger partial charge in [0.1, 0.15) is 0 Å². The molecule has 0 spiro atoms. The Morgan fingerprint density at radius 1 is 1.20 bits per heavy atom. The Labute approximate surface area is 85.8 Å². The highest BCUT2D eigenvalue weighted by molar-refractivity contribution is 5.29. The average Bonchev–Trinajstić information content (AvgIpc) is 2.17. The molecule has 1 aromatic rings. The Balaban J connectivity index is 2.78. The molecule has 84 valence electrons. The molecule has 0 aliphatic carbocycles. The lowest BCUT2D eigenvalue weighted by atomic mass is 10.0. The van der Waals surface area contributed by atoms with Crippen LogP contribution in [0.5, 0.6) is 0 Å². The van der Waals surface area contributed by atoms with E-state index < -0.39 is 11.7 Å². The van der Waals surface area contributed by atoms with Crippen molar-refractivity contribution < 1.29 is 18.0 Å². The van der Waals surface area contributed by atoms with E-state index in [1.165, 1.54) is 12.1 Å². The van der Waals surface area contributed by atoms with Gasteiger partial charge in [-0.05, 0) is 24.5 Å². The molecule has 0 saturated heterocycles. The van der Waals surface area contributed by atoms with E-state index >= 15 is 0 Å². The third kappa shape index (κ3) is 3.53. The molecule has 0 unspecified atom stereocenters. The normalized spacial score (nSPS) is 11.7. The fraction of sp³-hybridized carbons (Fsp3) is 0.400. The second-order valence-corrected chi connectivity index (χ2v) is 3.13. The van der Waals surface area contributed by atoms with Crippen LogP contribution in [0.3, 0.4) is 0 Å². The second-order valence-electron chi connectivity index (χ2n) is 3.13. The summed E-state index contributed by atoms with van der Waals surface area (Å²) in [5.41, 5.74) is -0.302. The molecule has 15 heavy (non-hydrogen) atoms. The van der Waals surface area contributed by atoms with Crippen molar-refractivity contribution in [3.63, 3.8) is 0 Å². The van der Waals surface area contributed by atoms with E-state index in [-0.39, 0.29) is 12.2 Å². The monoisotopic (exact) mass is 219 g/mol. The van der Waals surface area contributed by atoms with Crippen LogP contribution in [-0.2, 0) is 17.4 Å². The van der Waals surface area contributed by atoms with Crippen molar-refractivity contribution in [3.05, 3.63) is 35.4 Å². The van der Waals surface area contributed by atoms with Gasteiger partial charge < -0.3 is 4.84 Å². The van der Waals surface area contributed by atoms with Crippen LogP contribution in [0, 0.1) is 0 Å². The van der Waals surface area contributed by atoms with Gasteiger partial charge >= 0.3 is 6.18 Å². The summed E-state index contributed by atoms with van der Waals surface area (Å²) in [5, 5.41) is 0. The Morgan fingerprint density at radius 2 is 1.87 bits per heavy atom. The van der Waals surface area contributed by atoms with Crippen LogP contribution in [0.2, 0.25) is 0 Å². The van der Waals surface area contributed by atoms with Crippen molar-refractivity contribution in [2.24, 2.45) is 5.90 Å². The van der Waals surface area contributed by atoms with Gasteiger partial charge in [-0.2, -0.15) is 13.2 Å². The number of hydrogen-bond donors (Lipinski definition) is 1. The first-order valence-corrected chi connectivity index (χ1v) is 4.52. The van der Waals surface area contributed by atoms with Crippen LogP contribution in [0.4, 0.5) is 13.2 Å². The van der Waals surface area contributed by atoms with Crippen molar-refractivity contribution in [1.82, 2.24) is 0 Å². The van der Waals surface area contributed by atoms with Crippen molar-refractivity contribution in [2.45, 2.75) is 19.0 Å². The zero-order valence-electron chi connectivity index (χ0n) is 8.05. The molecule has 2 nitrogen and oxygen atoms in total. The molecule has 1 aromatic carbocycles. The lowest BCUT2D eigenvalue weighted by Gasteiger charge is -2.11.